The number of esters is 2. The van der Waals surface area contributed by atoms with Gasteiger partial charge in [-0.2, -0.15) is 0 Å². The number of hydrogen-bond donors (Lipinski definition) is 1. The van der Waals surface area contributed by atoms with E-state index >= 15 is 0 Å². The monoisotopic (exact) mass is 1210 g/mol. The standard InChI is InChI=1S/C78H133NO8/c1-6-8-10-12-14-16-18-20-22-24-26-28-30-31-32-33-34-35-36-37-38-39-40-41-42-43-44-45-47-48-50-52-54-56-58-60-62-64-66-68-75(80)85-72-74(73-86-78(77(82)83)84-71-70-79(3,4)5)87-76(81)69-67-65-63-61-59-57-55-53-51-49-46-29-27-25-23-21-19-17-15-13-11-9-7-2/h9,11,15,17-18,20-21,23-24,26-27,29-31,49,51,55,57,61,63,74,78H,6-8,10,12-14,16,19,22,25,28,32-48,50,52-54,56,58-60,62,64-73H2,1-5H3/p+1/b11-9-,17-15-,20-18-,23-21-,26-24-,29-27-,31-30-,51-49-,57-55-,63-61-. The predicted molar refractivity (Wildman–Crippen MR) is 373 cm³/mol. The number of allylic oxidation sites excluding steroid dienone is 20. The Hall–Kier alpha value is -4.31. The highest BCUT2D eigenvalue weighted by Crippen LogP contribution is 2.17. The summed E-state index contributed by atoms with van der Waals surface area (Å²) in [5, 5.41) is 9.73. The minimum atomic E-state index is -1.53. The van der Waals surface area contributed by atoms with E-state index < -0.39 is 24.3 Å². The van der Waals surface area contributed by atoms with Crippen LogP contribution < -0.4 is 0 Å². The third kappa shape index (κ3) is 69.0. The van der Waals surface area contributed by atoms with Gasteiger partial charge in [-0.3, -0.25) is 9.59 Å². The van der Waals surface area contributed by atoms with Crippen LogP contribution in [0, 0.1) is 0 Å². The van der Waals surface area contributed by atoms with Crippen LogP contribution in [0.3, 0.4) is 0 Å². The lowest BCUT2D eigenvalue weighted by atomic mass is 10.0. The molecule has 1 N–H and O–H groups in total. The fourth-order valence-electron chi connectivity index (χ4n) is 9.78. The largest absolute Gasteiger partial charge is 0.477 e. The Morgan fingerprint density at radius 1 is 0.356 bits per heavy atom. The van der Waals surface area contributed by atoms with E-state index in [2.05, 4.69) is 135 Å². The van der Waals surface area contributed by atoms with Crippen LogP contribution in [0.15, 0.2) is 122 Å². The molecular formula is C78H134NO8+. The van der Waals surface area contributed by atoms with Crippen LogP contribution in [-0.4, -0.2) is 87.4 Å². The number of unbranched alkanes of at least 4 members (excludes halogenated alkanes) is 30. The number of carbonyl (C=O) groups excluding carboxylic acids is 2. The molecule has 498 valence electrons. The minimum absolute atomic E-state index is 0.172. The molecule has 0 aromatic carbocycles. The second-order valence-electron chi connectivity index (χ2n) is 24.8. The number of carboxylic acids is 1. The number of hydrogen-bond acceptors (Lipinski definition) is 7. The molecule has 0 aliphatic carbocycles. The normalized spacial score (nSPS) is 13.4. The van der Waals surface area contributed by atoms with Crippen molar-refractivity contribution >= 4 is 17.9 Å². The van der Waals surface area contributed by atoms with Gasteiger partial charge in [-0.05, 0) is 103 Å². The first-order valence-corrected chi connectivity index (χ1v) is 35.7. The van der Waals surface area contributed by atoms with Gasteiger partial charge in [0.15, 0.2) is 6.10 Å². The van der Waals surface area contributed by atoms with E-state index in [9.17, 15) is 19.5 Å². The number of rotatable bonds is 65. The Morgan fingerprint density at radius 2 is 0.667 bits per heavy atom. The third-order valence-corrected chi connectivity index (χ3v) is 15.2. The summed E-state index contributed by atoms with van der Waals surface area (Å²) in [6.07, 6.45) is 93.4. The van der Waals surface area contributed by atoms with Gasteiger partial charge in [0.2, 0.25) is 0 Å². The van der Waals surface area contributed by atoms with Crippen molar-refractivity contribution in [3.63, 3.8) is 0 Å². The van der Waals surface area contributed by atoms with Crippen LogP contribution >= 0.6 is 0 Å². The van der Waals surface area contributed by atoms with Crippen LogP contribution in [0.1, 0.15) is 296 Å². The van der Waals surface area contributed by atoms with Gasteiger partial charge in [0.05, 0.1) is 34.4 Å². The molecule has 0 radical (unpaired) electrons. The second kappa shape index (κ2) is 67.6. The number of ether oxygens (including phenoxy) is 4. The molecular weight excluding hydrogens is 1080 g/mol. The van der Waals surface area contributed by atoms with Gasteiger partial charge in [0.1, 0.15) is 13.2 Å². The van der Waals surface area contributed by atoms with E-state index in [1.54, 1.807) is 0 Å². The predicted octanol–water partition coefficient (Wildman–Crippen LogP) is 22.4. The lowest BCUT2D eigenvalue weighted by Gasteiger charge is -2.25. The number of likely N-dealkylation sites (N-methyl/N-ethyl adjacent to an activating group) is 1. The molecule has 9 nitrogen and oxygen atoms in total. The quantitative estimate of drug-likeness (QED) is 0.0211. The van der Waals surface area contributed by atoms with Crippen LogP contribution in [0.25, 0.3) is 0 Å². The molecule has 2 atom stereocenters. The van der Waals surface area contributed by atoms with E-state index in [1.807, 2.05) is 21.1 Å². The molecule has 0 saturated carbocycles. The summed E-state index contributed by atoms with van der Waals surface area (Å²) >= 11 is 0. The molecule has 0 aliphatic heterocycles. The van der Waals surface area contributed by atoms with Gasteiger partial charge in [0.25, 0.3) is 6.29 Å². The van der Waals surface area contributed by atoms with E-state index in [0.717, 1.165) is 77.0 Å². The fraction of sp³-hybridized carbons (Fsp3) is 0.705. The Labute approximate surface area is 536 Å². The van der Waals surface area contributed by atoms with Crippen molar-refractivity contribution in [3.8, 4) is 0 Å². The first-order chi connectivity index (χ1) is 42.6. The maximum Gasteiger partial charge on any atom is 0.361 e. The molecule has 0 aliphatic rings. The lowest BCUT2D eigenvalue weighted by molar-refractivity contribution is -0.870. The van der Waals surface area contributed by atoms with E-state index in [1.165, 1.54) is 180 Å². The zero-order chi connectivity index (χ0) is 63.3. The van der Waals surface area contributed by atoms with Crippen molar-refractivity contribution < 1.29 is 42.9 Å². The van der Waals surface area contributed by atoms with Gasteiger partial charge < -0.3 is 28.5 Å². The third-order valence-electron chi connectivity index (χ3n) is 15.2. The van der Waals surface area contributed by atoms with Gasteiger partial charge in [-0.25, -0.2) is 4.79 Å². The first kappa shape index (κ1) is 82.7. The number of carboxylic acid groups (broad SMARTS) is 1. The molecule has 0 fully saturated rings. The summed E-state index contributed by atoms with van der Waals surface area (Å²) in [5.41, 5.74) is 0. The molecule has 0 saturated heterocycles. The van der Waals surface area contributed by atoms with Crippen molar-refractivity contribution in [2.45, 2.75) is 309 Å². The fourth-order valence-corrected chi connectivity index (χ4v) is 9.78. The minimum Gasteiger partial charge on any atom is -0.477 e. The van der Waals surface area contributed by atoms with Gasteiger partial charge >= 0.3 is 17.9 Å². The Kier molecular flexibility index (Phi) is 64.3. The molecule has 0 rings (SSSR count). The highest BCUT2D eigenvalue weighted by molar-refractivity contribution is 5.71. The summed E-state index contributed by atoms with van der Waals surface area (Å²) in [6, 6.07) is 0. The molecule has 0 heterocycles. The number of carbonyl (C=O) groups is 3. The summed E-state index contributed by atoms with van der Waals surface area (Å²) in [6.45, 7) is 4.70. The van der Waals surface area contributed by atoms with Crippen LogP contribution in [0.2, 0.25) is 0 Å². The first-order valence-electron chi connectivity index (χ1n) is 35.7. The average molecular weight is 1210 g/mol. The topological polar surface area (TPSA) is 108 Å². The highest BCUT2D eigenvalue weighted by Gasteiger charge is 2.25. The summed E-state index contributed by atoms with van der Waals surface area (Å²) < 4.78 is 22.9. The molecule has 87 heavy (non-hydrogen) atoms. The van der Waals surface area contributed by atoms with Crippen LogP contribution in [0.4, 0.5) is 0 Å². The molecule has 9 heteroatoms. The lowest BCUT2D eigenvalue weighted by Crippen LogP contribution is -2.40. The van der Waals surface area contributed by atoms with Crippen molar-refractivity contribution in [2.24, 2.45) is 0 Å². The zero-order valence-corrected chi connectivity index (χ0v) is 56.9. The molecule has 0 amide bonds. The van der Waals surface area contributed by atoms with Crippen molar-refractivity contribution in [1.29, 1.82) is 0 Å². The Bertz CT molecular complexity index is 1840. The van der Waals surface area contributed by atoms with Crippen molar-refractivity contribution in [1.82, 2.24) is 0 Å². The van der Waals surface area contributed by atoms with Crippen molar-refractivity contribution in [3.05, 3.63) is 122 Å². The summed E-state index contributed by atoms with van der Waals surface area (Å²) in [4.78, 5) is 37.6. The van der Waals surface area contributed by atoms with Gasteiger partial charge in [-0.1, -0.05) is 302 Å². The van der Waals surface area contributed by atoms with E-state index in [4.69, 9.17) is 18.9 Å². The maximum atomic E-state index is 12.9. The second-order valence-corrected chi connectivity index (χ2v) is 24.8. The van der Waals surface area contributed by atoms with E-state index in [-0.39, 0.29) is 38.6 Å². The van der Waals surface area contributed by atoms with Crippen molar-refractivity contribution in [2.75, 3.05) is 47.5 Å². The number of nitrogens with zero attached hydrogens (tertiary/aromatic N) is 1. The average Bonchev–Trinajstić information content (AvgIpc) is 3.50. The van der Waals surface area contributed by atoms with E-state index in [0.29, 0.717) is 23.9 Å². The van der Waals surface area contributed by atoms with Gasteiger partial charge in [0, 0.05) is 12.8 Å². The summed E-state index contributed by atoms with van der Waals surface area (Å²) in [5.74, 6) is -2.09. The number of aliphatic carboxylic acids is 1. The van der Waals surface area contributed by atoms with Crippen LogP contribution in [-0.2, 0) is 33.3 Å². The molecule has 0 aromatic heterocycles. The summed E-state index contributed by atoms with van der Waals surface area (Å²) in [7, 11) is 5.95. The smallest absolute Gasteiger partial charge is 0.361 e. The van der Waals surface area contributed by atoms with Gasteiger partial charge in [-0.15, -0.1) is 0 Å². The highest BCUT2D eigenvalue weighted by atomic mass is 16.7. The molecule has 2 unspecified atom stereocenters. The number of quaternary nitrogens is 1. The Balaban J connectivity index is 4.08. The van der Waals surface area contributed by atoms with Crippen LogP contribution in [0.5, 0.6) is 0 Å². The Morgan fingerprint density at radius 3 is 1.01 bits per heavy atom. The zero-order valence-electron chi connectivity index (χ0n) is 56.9. The molecule has 0 bridgehead atoms. The molecule has 0 spiro atoms. The maximum absolute atomic E-state index is 12.9. The molecule has 0 aromatic rings. The SMILES string of the molecule is CC/C=C\C/C=C\C/C=C\C/C=C\C/C=C\C/C=C\C/C=C\CCCC(=O)OC(COC(=O)CCCCCCCCCCCCCCCCCCCCCCCCCC/C=C\C/C=C\C/C=C\CCCCCCC)COC(OCC[N+](C)(C)C)C(=O)O.